The molecule has 0 radical (unpaired) electrons. The lowest BCUT2D eigenvalue weighted by molar-refractivity contribution is -0.115. The van der Waals surface area contributed by atoms with Gasteiger partial charge in [0.15, 0.2) is 0 Å². The summed E-state index contributed by atoms with van der Waals surface area (Å²) in [6, 6.07) is 19.1. The molecule has 3 aromatic rings. The predicted molar refractivity (Wildman–Crippen MR) is 131 cm³/mol. The van der Waals surface area contributed by atoms with E-state index in [-0.39, 0.29) is 34.9 Å². The molecule has 0 atom stereocenters. The first kappa shape index (κ1) is 22.8. The van der Waals surface area contributed by atoms with E-state index in [0.717, 1.165) is 12.8 Å². The van der Waals surface area contributed by atoms with Gasteiger partial charge in [0, 0.05) is 22.9 Å². The fourth-order valence-corrected chi connectivity index (χ4v) is 5.11. The molecule has 35 heavy (non-hydrogen) atoms. The van der Waals surface area contributed by atoms with E-state index in [1.807, 2.05) is 0 Å². The number of fused-ring (bicyclic) bond motifs is 1. The summed E-state index contributed by atoms with van der Waals surface area (Å²) in [5.74, 6) is -1.10. The third-order valence-electron chi connectivity index (χ3n) is 5.71. The average molecular weight is 491 g/mol. The Hall–Kier alpha value is -4.02. The van der Waals surface area contributed by atoms with E-state index in [4.69, 9.17) is 0 Å². The molecule has 1 aliphatic carbocycles. The quantitative estimate of drug-likeness (QED) is 0.490. The number of hydrogen-bond acceptors (Lipinski definition) is 5. The molecule has 10 heteroatoms. The molecule has 178 valence electrons. The monoisotopic (exact) mass is 490 g/mol. The summed E-state index contributed by atoms with van der Waals surface area (Å²) in [5.41, 5.74) is 2.16. The first-order valence-electron chi connectivity index (χ1n) is 11.0. The van der Waals surface area contributed by atoms with Gasteiger partial charge < -0.3 is 10.6 Å². The number of rotatable bonds is 6. The molecule has 0 unspecified atom stereocenters. The van der Waals surface area contributed by atoms with Crippen LogP contribution in [0.5, 0.6) is 0 Å². The highest BCUT2D eigenvalue weighted by Gasteiger charge is 2.29. The second kappa shape index (κ2) is 8.97. The van der Waals surface area contributed by atoms with Crippen LogP contribution in [-0.4, -0.2) is 38.7 Å². The number of carbonyl (C=O) groups excluding carboxylic acids is 3. The normalized spacial score (nSPS) is 15.2. The Kier molecular flexibility index (Phi) is 5.83. The lowest BCUT2D eigenvalue weighted by atomic mass is 10.1. The van der Waals surface area contributed by atoms with Crippen LogP contribution in [0.4, 0.5) is 17.1 Å². The fourth-order valence-electron chi connectivity index (χ4n) is 3.76. The fraction of sp³-hybridized carbons (Fsp3) is 0.160. The molecule has 3 aromatic carbocycles. The third-order valence-corrected chi connectivity index (χ3v) is 7.23. The van der Waals surface area contributed by atoms with Crippen LogP contribution in [0.25, 0.3) is 0 Å². The number of nitrogens with zero attached hydrogens (tertiary/aromatic N) is 1. The number of carbonyl (C=O) groups is 3. The summed E-state index contributed by atoms with van der Waals surface area (Å²) in [6.45, 7) is -0.0941. The summed E-state index contributed by atoms with van der Waals surface area (Å²) in [7, 11) is -3.68. The summed E-state index contributed by atoms with van der Waals surface area (Å²) in [5, 5.41) is 5.46. The van der Waals surface area contributed by atoms with Gasteiger partial charge in [-0.25, -0.2) is 13.1 Å². The topological polar surface area (TPSA) is 125 Å². The Bertz CT molecular complexity index is 1430. The van der Waals surface area contributed by atoms with Gasteiger partial charge in [0.2, 0.25) is 15.9 Å². The summed E-state index contributed by atoms with van der Waals surface area (Å²) in [4.78, 5) is 39.3. The van der Waals surface area contributed by atoms with Gasteiger partial charge in [-0.2, -0.15) is 0 Å². The molecular weight excluding hydrogens is 468 g/mol. The maximum absolute atomic E-state index is 13.1. The maximum atomic E-state index is 13.1. The largest absolute Gasteiger partial charge is 0.323 e. The van der Waals surface area contributed by atoms with Crippen molar-refractivity contribution in [1.29, 1.82) is 0 Å². The highest BCUT2D eigenvalue weighted by molar-refractivity contribution is 7.89. The van der Waals surface area contributed by atoms with Crippen molar-refractivity contribution in [1.82, 2.24) is 4.72 Å². The van der Waals surface area contributed by atoms with Crippen molar-refractivity contribution in [2.45, 2.75) is 23.8 Å². The number of para-hydroxylation sites is 2. The van der Waals surface area contributed by atoms with Crippen molar-refractivity contribution in [3.05, 3.63) is 83.9 Å². The smallest absolute Gasteiger partial charge is 0.258 e. The molecular formula is C25H22N4O5S. The first-order valence-corrected chi connectivity index (χ1v) is 12.5. The molecule has 3 N–H and O–H groups in total. The number of benzene rings is 3. The zero-order valence-electron chi connectivity index (χ0n) is 18.5. The molecule has 2 aliphatic rings. The van der Waals surface area contributed by atoms with E-state index >= 15 is 0 Å². The van der Waals surface area contributed by atoms with Crippen molar-refractivity contribution in [3.8, 4) is 0 Å². The molecule has 1 saturated carbocycles. The van der Waals surface area contributed by atoms with Crippen LogP contribution in [0, 0.1) is 0 Å². The average Bonchev–Trinajstić information content (AvgIpc) is 3.67. The lowest BCUT2D eigenvalue weighted by Gasteiger charge is -2.29. The van der Waals surface area contributed by atoms with Gasteiger partial charge in [-0.1, -0.05) is 18.2 Å². The van der Waals surface area contributed by atoms with E-state index < -0.39 is 15.9 Å². The van der Waals surface area contributed by atoms with Crippen LogP contribution < -0.4 is 20.3 Å². The first-order chi connectivity index (χ1) is 16.8. The minimum atomic E-state index is -3.68. The SMILES string of the molecule is O=C1CN(C(=O)c2ccc(NC(=O)c3cccc(S(=O)(=O)NC4CC4)c3)cc2)c2ccccc2N1. The number of anilines is 3. The van der Waals surface area contributed by atoms with Crippen LogP contribution in [0.1, 0.15) is 33.6 Å². The minimum absolute atomic E-state index is 0.0313. The Balaban J connectivity index is 1.29. The Morgan fingerprint density at radius 1 is 0.914 bits per heavy atom. The van der Waals surface area contributed by atoms with Crippen LogP contribution in [0.2, 0.25) is 0 Å². The van der Waals surface area contributed by atoms with Crippen LogP contribution in [0.15, 0.2) is 77.7 Å². The standard InChI is InChI=1S/C25H22N4O5S/c30-23-15-29(22-7-2-1-6-21(22)27-23)25(32)16-8-10-18(11-9-16)26-24(31)17-4-3-5-20(14-17)35(33,34)28-19-12-13-19/h1-11,14,19,28H,12-13,15H2,(H,26,31)(H,27,30). The van der Waals surface area contributed by atoms with Gasteiger partial charge in [-0.05, 0) is 67.4 Å². The molecule has 1 heterocycles. The van der Waals surface area contributed by atoms with Gasteiger partial charge in [-0.15, -0.1) is 0 Å². The molecule has 0 aromatic heterocycles. The highest BCUT2D eigenvalue weighted by Crippen LogP contribution is 2.30. The van der Waals surface area contributed by atoms with Crippen molar-refractivity contribution in [2.24, 2.45) is 0 Å². The highest BCUT2D eigenvalue weighted by atomic mass is 32.2. The predicted octanol–water partition coefficient (Wildman–Crippen LogP) is 2.98. The van der Waals surface area contributed by atoms with Crippen molar-refractivity contribution in [2.75, 3.05) is 22.1 Å². The zero-order valence-corrected chi connectivity index (χ0v) is 19.3. The van der Waals surface area contributed by atoms with Gasteiger partial charge in [0.25, 0.3) is 11.8 Å². The van der Waals surface area contributed by atoms with Crippen molar-refractivity contribution >= 4 is 44.8 Å². The molecule has 0 spiro atoms. The molecule has 0 saturated heterocycles. The van der Waals surface area contributed by atoms with Gasteiger partial charge in [0.1, 0.15) is 6.54 Å². The Morgan fingerprint density at radius 3 is 2.40 bits per heavy atom. The summed E-state index contributed by atoms with van der Waals surface area (Å²) >= 11 is 0. The van der Waals surface area contributed by atoms with Crippen LogP contribution in [-0.2, 0) is 14.8 Å². The second-order valence-electron chi connectivity index (χ2n) is 8.41. The molecule has 1 fully saturated rings. The Morgan fingerprint density at radius 2 is 1.66 bits per heavy atom. The van der Waals surface area contributed by atoms with E-state index in [1.54, 1.807) is 48.5 Å². The number of sulfonamides is 1. The molecule has 3 amide bonds. The van der Waals surface area contributed by atoms with Gasteiger partial charge in [-0.3, -0.25) is 19.3 Å². The van der Waals surface area contributed by atoms with E-state index in [9.17, 15) is 22.8 Å². The number of hydrogen-bond donors (Lipinski definition) is 3. The second-order valence-corrected chi connectivity index (χ2v) is 10.1. The number of amides is 3. The molecule has 0 bridgehead atoms. The van der Waals surface area contributed by atoms with Crippen LogP contribution >= 0.6 is 0 Å². The van der Waals surface area contributed by atoms with Gasteiger partial charge in [0.05, 0.1) is 16.3 Å². The molecule has 5 rings (SSSR count). The van der Waals surface area contributed by atoms with E-state index in [2.05, 4.69) is 15.4 Å². The summed E-state index contributed by atoms with van der Waals surface area (Å²) < 4.78 is 27.5. The molecule has 9 nitrogen and oxygen atoms in total. The zero-order chi connectivity index (χ0) is 24.6. The van der Waals surface area contributed by atoms with E-state index in [1.165, 1.54) is 29.2 Å². The molecule has 1 aliphatic heterocycles. The van der Waals surface area contributed by atoms with Crippen molar-refractivity contribution in [3.63, 3.8) is 0 Å². The van der Waals surface area contributed by atoms with Gasteiger partial charge >= 0.3 is 0 Å². The van der Waals surface area contributed by atoms with E-state index in [0.29, 0.717) is 22.6 Å². The number of nitrogens with one attached hydrogen (secondary N) is 3. The lowest BCUT2D eigenvalue weighted by Crippen LogP contribution is -2.42. The third kappa shape index (κ3) is 4.93. The Labute approximate surface area is 202 Å². The summed E-state index contributed by atoms with van der Waals surface area (Å²) in [6.07, 6.45) is 1.63. The van der Waals surface area contributed by atoms with Crippen molar-refractivity contribution < 1.29 is 22.8 Å². The minimum Gasteiger partial charge on any atom is -0.323 e. The van der Waals surface area contributed by atoms with Crippen LogP contribution in [0.3, 0.4) is 0 Å². The maximum Gasteiger partial charge on any atom is 0.258 e.